The van der Waals surface area contributed by atoms with Crippen molar-refractivity contribution in [3.63, 3.8) is 0 Å². The molecule has 0 unspecified atom stereocenters. The second kappa shape index (κ2) is 12.4. The van der Waals surface area contributed by atoms with Gasteiger partial charge in [-0.25, -0.2) is 0 Å². The SMILES string of the molecule is CC.CC.CCc1cncc(CCl)c1. The number of alkyl halides is 1. The van der Waals surface area contributed by atoms with Crippen LogP contribution in [0.15, 0.2) is 18.5 Å². The van der Waals surface area contributed by atoms with Crippen LogP contribution in [-0.2, 0) is 12.3 Å². The molecule has 0 amide bonds. The molecule has 0 aliphatic heterocycles. The Kier molecular flexibility index (Phi) is 14.1. The first-order chi connectivity index (χ1) is 6.86. The summed E-state index contributed by atoms with van der Waals surface area (Å²) >= 11 is 5.62. The van der Waals surface area contributed by atoms with Crippen LogP contribution in [-0.4, -0.2) is 4.98 Å². The van der Waals surface area contributed by atoms with E-state index in [0.29, 0.717) is 5.88 Å². The molecule has 1 aromatic heterocycles. The molecule has 0 aliphatic carbocycles. The van der Waals surface area contributed by atoms with Crippen LogP contribution in [0.4, 0.5) is 0 Å². The van der Waals surface area contributed by atoms with Gasteiger partial charge in [-0.05, 0) is 17.5 Å². The summed E-state index contributed by atoms with van der Waals surface area (Å²) in [5.41, 5.74) is 2.35. The van der Waals surface area contributed by atoms with Crippen LogP contribution < -0.4 is 0 Å². The fraction of sp³-hybridized carbons (Fsp3) is 0.583. The van der Waals surface area contributed by atoms with E-state index in [1.165, 1.54) is 5.56 Å². The molecule has 0 spiro atoms. The highest BCUT2D eigenvalue weighted by molar-refractivity contribution is 6.17. The summed E-state index contributed by atoms with van der Waals surface area (Å²) in [5, 5.41) is 0. The van der Waals surface area contributed by atoms with Crippen LogP contribution >= 0.6 is 11.6 Å². The van der Waals surface area contributed by atoms with Crippen molar-refractivity contribution in [2.24, 2.45) is 0 Å². The average molecular weight is 216 g/mol. The quantitative estimate of drug-likeness (QED) is 0.665. The Balaban J connectivity index is 0. The Hall–Kier alpha value is -0.560. The summed E-state index contributed by atoms with van der Waals surface area (Å²) in [6.45, 7) is 10.1. The summed E-state index contributed by atoms with van der Waals surface area (Å²) < 4.78 is 0. The molecule has 1 nitrogen and oxygen atoms in total. The number of halogens is 1. The van der Waals surface area contributed by atoms with Crippen molar-refractivity contribution in [3.05, 3.63) is 29.6 Å². The third-order valence-corrected chi connectivity index (χ3v) is 1.72. The molecular formula is C12H22ClN. The third-order valence-electron chi connectivity index (χ3n) is 1.41. The van der Waals surface area contributed by atoms with E-state index in [-0.39, 0.29) is 0 Å². The normalized spacial score (nSPS) is 7.86. The van der Waals surface area contributed by atoms with Crippen LogP contribution in [0.25, 0.3) is 0 Å². The maximum absolute atomic E-state index is 5.62. The first kappa shape index (κ1) is 15.9. The Morgan fingerprint density at radius 1 is 1.07 bits per heavy atom. The molecule has 0 saturated heterocycles. The lowest BCUT2D eigenvalue weighted by Crippen LogP contribution is -1.85. The highest BCUT2D eigenvalue weighted by atomic mass is 35.5. The van der Waals surface area contributed by atoms with Gasteiger partial charge in [0, 0.05) is 18.3 Å². The molecule has 0 atom stereocenters. The fourth-order valence-corrected chi connectivity index (χ4v) is 0.954. The van der Waals surface area contributed by atoms with Crippen LogP contribution in [0.3, 0.4) is 0 Å². The first-order valence-electron chi connectivity index (χ1n) is 5.35. The van der Waals surface area contributed by atoms with Crippen molar-refractivity contribution in [2.45, 2.75) is 46.9 Å². The molecule has 1 rings (SSSR count). The second-order valence-electron chi connectivity index (χ2n) is 2.19. The number of aryl methyl sites for hydroxylation is 1. The summed E-state index contributed by atoms with van der Waals surface area (Å²) in [6.07, 6.45) is 4.69. The van der Waals surface area contributed by atoms with Crippen LogP contribution in [0.5, 0.6) is 0 Å². The molecule has 82 valence electrons. The van der Waals surface area contributed by atoms with Gasteiger partial charge in [-0.3, -0.25) is 4.98 Å². The Labute approximate surface area is 93.5 Å². The van der Waals surface area contributed by atoms with E-state index in [1.807, 2.05) is 33.9 Å². The largest absolute Gasteiger partial charge is 0.264 e. The predicted molar refractivity (Wildman–Crippen MR) is 65.9 cm³/mol. The smallest absolute Gasteiger partial charge is 0.0489 e. The molecular weight excluding hydrogens is 194 g/mol. The highest BCUT2D eigenvalue weighted by Crippen LogP contribution is 2.05. The highest BCUT2D eigenvalue weighted by Gasteiger charge is 1.91. The van der Waals surface area contributed by atoms with Gasteiger partial charge in [0.1, 0.15) is 0 Å². The van der Waals surface area contributed by atoms with Gasteiger partial charge in [0.15, 0.2) is 0 Å². The van der Waals surface area contributed by atoms with Gasteiger partial charge >= 0.3 is 0 Å². The van der Waals surface area contributed by atoms with E-state index in [4.69, 9.17) is 11.6 Å². The number of hydrogen-bond acceptors (Lipinski definition) is 1. The van der Waals surface area contributed by atoms with Gasteiger partial charge in [-0.15, -0.1) is 11.6 Å². The Morgan fingerprint density at radius 2 is 1.57 bits per heavy atom. The standard InChI is InChI=1S/C8H10ClN.2C2H6/c1-2-7-3-8(4-9)6-10-5-7;2*1-2/h3,5-6H,2,4H2,1H3;2*1-2H3. The van der Waals surface area contributed by atoms with Crippen molar-refractivity contribution in [3.8, 4) is 0 Å². The lowest BCUT2D eigenvalue weighted by atomic mass is 10.2. The lowest BCUT2D eigenvalue weighted by Gasteiger charge is -1.96. The van der Waals surface area contributed by atoms with E-state index in [0.717, 1.165) is 12.0 Å². The Morgan fingerprint density at radius 3 is 2.00 bits per heavy atom. The van der Waals surface area contributed by atoms with Gasteiger partial charge < -0.3 is 0 Å². The van der Waals surface area contributed by atoms with Gasteiger partial charge in [-0.2, -0.15) is 0 Å². The summed E-state index contributed by atoms with van der Waals surface area (Å²) in [6, 6.07) is 2.08. The van der Waals surface area contributed by atoms with Gasteiger partial charge in [0.2, 0.25) is 0 Å². The molecule has 0 fully saturated rings. The molecule has 0 aliphatic rings. The van der Waals surface area contributed by atoms with E-state index < -0.39 is 0 Å². The zero-order chi connectivity index (χ0) is 11.4. The van der Waals surface area contributed by atoms with Crippen molar-refractivity contribution < 1.29 is 0 Å². The second-order valence-corrected chi connectivity index (χ2v) is 2.46. The van der Waals surface area contributed by atoms with E-state index in [9.17, 15) is 0 Å². The minimum atomic E-state index is 0.556. The van der Waals surface area contributed by atoms with E-state index in [2.05, 4.69) is 18.0 Å². The molecule has 0 N–H and O–H groups in total. The molecule has 1 aromatic rings. The van der Waals surface area contributed by atoms with E-state index >= 15 is 0 Å². The Bertz CT molecular complexity index is 192. The number of nitrogens with zero attached hydrogens (tertiary/aromatic N) is 1. The number of pyridine rings is 1. The lowest BCUT2D eigenvalue weighted by molar-refractivity contribution is 1.08. The molecule has 2 heteroatoms. The topological polar surface area (TPSA) is 12.9 Å². The molecule has 0 saturated carbocycles. The van der Waals surface area contributed by atoms with Crippen LogP contribution in [0.2, 0.25) is 0 Å². The molecule has 14 heavy (non-hydrogen) atoms. The number of aromatic nitrogens is 1. The molecule has 0 aromatic carbocycles. The predicted octanol–water partition coefficient (Wildman–Crippen LogP) is 4.44. The minimum absolute atomic E-state index is 0.556. The maximum atomic E-state index is 5.62. The maximum Gasteiger partial charge on any atom is 0.0489 e. The van der Waals surface area contributed by atoms with Crippen LogP contribution in [0.1, 0.15) is 45.7 Å². The van der Waals surface area contributed by atoms with Crippen LogP contribution in [0, 0.1) is 0 Å². The van der Waals surface area contributed by atoms with Gasteiger partial charge in [-0.1, -0.05) is 40.7 Å². The monoisotopic (exact) mass is 215 g/mol. The summed E-state index contributed by atoms with van der Waals surface area (Å²) in [7, 11) is 0. The van der Waals surface area contributed by atoms with E-state index in [1.54, 1.807) is 6.20 Å². The zero-order valence-electron chi connectivity index (χ0n) is 9.97. The summed E-state index contributed by atoms with van der Waals surface area (Å²) in [5.74, 6) is 0.556. The van der Waals surface area contributed by atoms with Crippen molar-refractivity contribution in [1.82, 2.24) is 4.98 Å². The van der Waals surface area contributed by atoms with Crippen molar-refractivity contribution in [1.29, 1.82) is 0 Å². The summed E-state index contributed by atoms with van der Waals surface area (Å²) in [4.78, 5) is 4.04. The first-order valence-corrected chi connectivity index (χ1v) is 5.89. The number of hydrogen-bond donors (Lipinski definition) is 0. The number of rotatable bonds is 2. The van der Waals surface area contributed by atoms with Crippen molar-refractivity contribution in [2.75, 3.05) is 0 Å². The fourth-order valence-electron chi connectivity index (χ4n) is 0.808. The van der Waals surface area contributed by atoms with Crippen molar-refractivity contribution >= 4 is 11.6 Å². The third kappa shape index (κ3) is 6.90. The van der Waals surface area contributed by atoms with Gasteiger partial charge in [0.05, 0.1) is 0 Å². The minimum Gasteiger partial charge on any atom is -0.264 e. The molecule has 0 radical (unpaired) electrons. The molecule has 0 bridgehead atoms. The zero-order valence-corrected chi connectivity index (χ0v) is 10.7. The molecule has 1 heterocycles. The average Bonchev–Trinajstić information content (AvgIpc) is 2.34. The van der Waals surface area contributed by atoms with Gasteiger partial charge in [0.25, 0.3) is 0 Å².